The van der Waals surface area contributed by atoms with Crippen LogP contribution in [0.3, 0.4) is 0 Å². The molecule has 1 aliphatic heterocycles. The first kappa shape index (κ1) is 14.3. The quantitative estimate of drug-likeness (QED) is 0.796. The highest BCUT2D eigenvalue weighted by atomic mass is 16.5. The Bertz CT molecular complexity index is 808. The van der Waals surface area contributed by atoms with E-state index in [1.54, 1.807) is 14.2 Å². The minimum atomic E-state index is 0.397. The van der Waals surface area contributed by atoms with E-state index in [0.29, 0.717) is 5.92 Å². The molecule has 3 heteroatoms. The maximum absolute atomic E-state index is 5.70. The van der Waals surface area contributed by atoms with Crippen LogP contribution < -0.4 is 9.47 Å². The number of nitrogens with zero attached hydrogens (tertiary/aromatic N) is 1. The van der Waals surface area contributed by atoms with Crippen LogP contribution in [-0.2, 0) is 12.8 Å². The SMILES string of the molecule is COc1cc2c3c(c1OC)C=[N+](C)CC3c1ccccc1CC2. The number of ether oxygens (including phenoxy) is 2. The van der Waals surface area contributed by atoms with Crippen LogP contribution in [0.25, 0.3) is 0 Å². The molecule has 0 saturated heterocycles. The van der Waals surface area contributed by atoms with Crippen LogP contribution in [-0.4, -0.2) is 38.6 Å². The predicted octanol–water partition coefficient (Wildman–Crippen LogP) is 3.01. The smallest absolute Gasteiger partial charge is 0.174 e. The largest absolute Gasteiger partial charge is 0.493 e. The second-order valence-corrected chi connectivity index (χ2v) is 6.42. The molecule has 0 spiro atoms. The number of hydrogen-bond acceptors (Lipinski definition) is 2. The highest BCUT2D eigenvalue weighted by molar-refractivity contribution is 5.87. The van der Waals surface area contributed by atoms with Gasteiger partial charge in [0.1, 0.15) is 7.05 Å². The third-order valence-electron chi connectivity index (χ3n) is 5.10. The molecule has 3 nitrogen and oxygen atoms in total. The normalized spacial score (nSPS) is 18.4. The van der Waals surface area contributed by atoms with Crippen LogP contribution >= 0.6 is 0 Å². The lowest BCUT2D eigenvalue weighted by Gasteiger charge is -2.25. The maximum atomic E-state index is 5.70. The van der Waals surface area contributed by atoms with E-state index in [2.05, 4.69) is 48.2 Å². The van der Waals surface area contributed by atoms with Crippen molar-refractivity contribution in [1.82, 2.24) is 0 Å². The molecule has 2 aliphatic rings. The minimum absolute atomic E-state index is 0.397. The first-order chi connectivity index (χ1) is 11.2. The van der Waals surface area contributed by atoms with Gasteiger partial charge in [-0.15, -0.1) is 0 Å². The summed E-state index contributed by atoms with van der Waals surface area (Å²) in [6, 6.07) is 11.0. The molecule has 0 aromatic heterocycles. The number of methoxy groups -OCH3 is 2. The number of rotatable bonds is 2. The van der Waals surface area contributed by atoms with E-state index in [4.69, 9.17) is 9.47 Å². The van der Waals surface area contributed by atoms with Crippen LogP contribution in [0.15, 0.2) is 30.3 Å². The maximum Gasteiger partial charge on any atom is 0.174 e. The third-order valence-corrected chi connectivity index (χ3v) is 5.10. The van der Waals surface area contributed by atoms with E-state index in [1.807, 2.05) is 0 Å². The van der Waals surface area contributed by atoms with Gasteiger partial charge in [-0.1, -0.05) is 24.3 Å². The molecule has 1 atom stereocenters. The second-order valence-electron chi connectivity index (χ2n) is 6.42. The zero-order chi connectivity index (χ0) is 16.0. The fraction of sp³-hybridized carbons (Fsp3) is 0.350. The monoisotopic (exact) mass is 308 g/mol. The molecule has 23 heavy (non-hydrogen) atoms. The highest BCUT2D eigenvalue weighted by Crippen LogP contribution is 2.44. The first-order valence-electron chi connectivity index (χ1n) is 8.13. The summed E-state index contributed by atoms with van der Waals surface area (Å²) in [5, 5.41) is 0. The topological polar surface area (TPSA) is 21.5 Å². The van der Waals surface area contributed by atoms with Crippen molar-refractivity contribution in [2.45, 2.75) is 18.8 Å². The van der Waals surface area contributed by atoms with Crippen LogP contribution in [0.2, 0.25) is 0 Å². The van der Waals surface area contributed by atoms with Crippen molar-refractivity contribution >= 4 is 6.21 Å². The molecular weight excluding hydrogens is 286 g/mol. The number of likely N-dealkylation sites (N-methyl/N-ethyl adjacent to an activating group) is 1. The van der Waals surface area contributed by atoms with Gasteiger partial charge in [0.2, 0.25) is 0 Å². The molecule has 0 radical (unpaired) electrons. The Labute approximate surface area is 137 Å². The van der Waals surface area contributed by atoms with Crippen LogP contribution in [0.4, 0.5) is 0 Å². The zero-order valence-corrected chi connectivity index (χ0v) is 13.9. The number of hydrogen-bond donors (Lipinski definition) is 0. The molecule has 1 unspecified atom stereocenters. The van der Waals surface area contributed by atoms with Crippen molar-refractivity contribution in [2.24, 2.45) is 0 Å². The molecule has 0 amide bonds. The summed E-state index contributed by atoms with van der Waals surface area (Å²) in [4.78, 5) is 0. The fourth-order valence-electron chi connectivity index (χ4n) is 4.12. The molecule has 118 valence electrons. The summed E-state index contributed by atoms with van der Waals surface area (Å²) in [6.45, 7) is 1.01. The van der Waals surface area contributed by atoms with Crippen LogP contribution in [0, 0.1) is 0 Å². The van der Waals surface area contributed by atoms with Gasteiger partial charge in [-0.25, -0.2) is 4.58 Å². The van der Waals surface area contributed by atoms with Crippen molar-refractivity contribution in [1.29, 1.82) is 0 Å². The fourth-order valence-corrected chi connectivity index (χ4v) is 4.12. The summed E-state index contributed by atoms with van der Waals surface area (Å²) >= 11 is 0. The van der Waals surface area contributed by atoms with E-state index < -0.39 is 0 Å². The van der Waals surface area contributed by atoms with E-state index in [0.717, 1.165) is 30.9 Å². The lowest BCUT2D eigenvalue weighted by atomic mass is 9.83. The number of fused-ring (bicyclic) bond motifs is 2. The highest BCUT2D eigenvalue weighted by Gasteiger charge is 2.35. The summed E-state index contributed by atoms with van der Waals surface area (Å²) in [5.41, 5.74) is 6.92. The average Bonchev–Trinajstić information content (AvgIpc) is 2.73. The van der Waals surface area contributed by atoms with Crippen LogP contribution in [0.1, 0.15) is 33.7 Å². The van der Waals surface area contributed by atoms with Gasteiger partial charge in [-0.05, 0) is 41.2 Å². The molecule has 0 bridgehead atoms. The Morgan fingerprint density at radius 3 is 2.61 bits per heavy atom. The van der Waals surface area contributed by atoms with Gasteiger partial charge in [0, 0.05) is 0 Å². The van der Waals surface area contributed by atoms with Gasteiger partial charge in [-0.2, -0.15) is 0 Å². The Morgan fingerprint density at radius 2 is 1.83 bits per heavy atom. The minimum Gasteiger partial charge on any atom is -0.493 e. The number of benzene rings is 2. The van der Waals surface area contributed by atoms with E-state index in [1.165, 1.54) is 27.8 Å². The molecule has 0 fully saturated rings. The standard InChI is InChI=1S/C20H22NO2/c1-21-11-16-15-7-5-4-6-13(15)8-9-14-10-18(22-2)20(23-3)17(12-21)19(14)16/h4-7,10,12,16H,8-9,11H2,1-3H3/q+1. The van der Waals surface area contributed by atoms with Crippen molar-refractivity contribution < 1.29 is 14.0 Å². The molecule has 2 aromatic carbocycles. The summed E-state index contributed by atoms with van der Waals surface area (Å²) in [6.07, 6.45) is 4.33. The van der Waals surface area contributed by atoms with Gasteiger partial charge in [0.05, 0.1) is 25.7 Å². The average molecular weight is 308 g/mol. The van der Waals surface area contributed by atoms with Gasteiger partial charge >= 0.3 is 0 Å². The van der Waals surface area contributed by atoms with Crippen LogP contribution in [0.5, 0.6) is 11.5 Å². The van der Waals surface area contributed by atoms with Crippen molar-refractivity contribution in [3.8, 4) is 11.5 Å². The molecular formula is C20H22NO2+. The summed E-state index contributed by atoms with van der Waals surface area (Å²) in [7, 11) is 5.57. The zero-order valence-electron chi connectivity index (χ0n) is 13.9. The second kappa shape index (κ2) is 5.41. The Hall–Kier alpha value is -2.29. The molecule has 4 rings (SSSR count). The predicted molar refractivity (Wildman–Crippen MR) is 91.5 cm³/mol. The van der Waals surface area contributed by atoms with Gasteiger partial charge in [0.25, 0.3) is 0 Å². The molecule has 1 aliphatic carbocycles. The van der Waals surface area contributed by atoms with E-state index in [9.17, 15) is 0 Å². The van der Waals surface area contributed by atoms with Crippen molar-refractivity contribution in [2.75, 3.05) is 27.8 Å². The first-order valence-corrected chi connectivity index (χ1v) is 8.13. The Balaban J connectivity index is 2.03. The van der Waals surface area contributed by atoms with Crippen molar-refractivity contribution in [3.63, 3.8) is 0 Å². The number of aryl methyl sites for hydroxylation is 2. The third kappa shape index (κ3) is 2.14. The Kier molecular flexibility index (Phi) is 3.37. The van der Waals surface area contributed by atoms with Crippen molar-refractivity contribution in [3.05, 3.63) is 58.1 Å². The lowest BCUT2D eigenvalue weighted by molar-refractivity contribution is -0.495. The van der Waals surface area contributed by atoms with Gasteiger partial charge in [0.15, 0.2) is 24.3 Å². The molecule has 2 aromatic rings. The lowest BCUT2D eigenvalue weighted by Crippen LogP contribution is -2.26. The summed E-state index contributed by atoms with van der Waals surface area (Å²) in [5.74, 6) is 2.08. The Morgan fingerprint density at radius 1 is 1.04 bits per heavy atom. The van der Waals surface area contributed by atoms with Gasteiger partial charge < -0.3 is 9.47 Å². The van der Waals surface area contributed by atoms with E-state index >= 15 is 0 Å². The van der Waals surface area contributed by atoms with Gasteiger partial charge in [-0.3, -0.25) is 0 Å². The molecule has 1 heterocycles. The summed E-state index contributed by atoms with van der Waals surface area (Å²) < 4.78 is 13.6. The van der Waals surface area contributed by atoms with E-state index in [-0.39, 0.29) is 0 Å². The molecule has 0 N–H and O–H groups in total. The molecule has 0 saturated carbocycles.